The molecule has 0 spiro atoms. The van der Waals surface area contributed by atoms with Crippen LogP contribution in [-0.2, 0) is 9.59 Å². The molecule has 4 N–H and O–H groups in total. The van der Waals surface area contributed by atoms with Crippen molar-refractivity contribution in [3.05, 3.63) is 0 Å². The fraction of sp³-hybridized carbons (Fsp3) is 0.778. The number of hydrogen-bond donors (Lipinski definition) is 2. The van der Waals surface area contributed by atoms with Crippen LogP contribution in [0.1, 0.15) is 32.1 Å². The van der Waals surface area contributed by atoms with Gasteiger partial charge in [-0.15, -0.1) is 0 Å². The van der Waals surface area contributed by atoms with Crippen molar-refractivity contribution < 1.29 is 9.59 Å². The van der Waals surface area contributed by atoms with Crippen LogP contribution in [-0.4, -0.2) is 11.8 Å². The molecule has 0 aromatic rings. The highest BCUT2D eigenvalue weighted by atomic mass is 16.1. The van der Waals surface area contributed by atoms with Gasteiger partial charge in [0.1, 0.15) is 0 Å². The zero-order valence-electron chi connectivity index (χ0n) is 7.66. The van der Waals surface area contributed by atoms with Crippen LogP contribution in [0.5, 0.6) is 0 Å². The van der Waals surface area contributed by atoms with Gasteiger partial charge in [-0.25, -0.2) is 0 Å². The fourth-order valence-corrected chi connectivity index (χ4v) is 2.02. The van der Waals surface area contributed by atoms with Crippen molar-refractivity contribution >= 4 is 11.8 Å². The topological polar surface area (TPSA) is 86.2 Å². The van der Waals surface area contributed by atoms with Crippen LogP contribution < -0.4 is 11.5 Å². The number of hydrogen-bond acceptors (Lipinski definition) is 2. The van der Waals surface area contributed by atoms with E-state index in [-0.39, 0.29) is 23.7 Å². The zero-order valence-corrected chi connectivity index (χ0v) is 7.66. The molecule has 2 amide bonds. The van der Waals surface area contributed by atoms with Crippen molar-refractivity contribution in [2.24, 2.45) is 23.3 Å². The van der Waals surface area contributed by atoms with Gasteiger partial charge in [0.15, 0.2) is 0 Å². The molecule has 1 fully saturated rings. The first kappa shape index (κ1) is 10.0. The Morgan fingerprint density at radius 2 is 1.92 bits per heavy atom. The maximum absolute atomic E-state index is 10.9. The van der Waals surface area contributed by atoms with Gasteiger partial charge in [-0.05, 0) is 25.2 Å². The number of primary amides is 2. The summed E-state index contributed by atoms with van der Waals surface area (Å²) >= 11 is 0. The first-order valence-electron chi connectivity index (χ1n) is 4.67. The monoisotopic (exact) mass is 184 g/mol. The SMILES string of the molecule is NC(=O)CC1CCCC(C(N)=O)C1. The van der Waals surface area contributed by atoms with E-state index in [4.69, 9.17) is 11.5 Å². The molecule has 0 aromatic heterocycles. The molecule has 1 aliphatic carbocycles. The van der Waals surface area contributed by atoms with E-state index in [9.17, 15) is 9.59 Å². The van der Waals surface area contributed by atoms with E-state index >= 15 is 0 Å². The third kappa shape index (κ3) is 3.05. The van der Waals surface area contributed by atoms with Gasteiger partial charge in [0.2, 0.25) is 11.8 Å². The number of carbonyl (C=O) groups excluding carboxylic acids is 2. The molecule has 0 saturated heterocycles. The Kier molecular flexibility index (Phi) is 3.28. The molecular weight excluding hydrogens is 168 g/mol. The Morgan fingerprint density at radius 3 is 2.46 bits per heavy atom. The van der Waals surface area contributed by atoms with E-state index in [1.807, 2.05) is 0 Å². The third-order valence-corrected chi connectivity index (χ3v) is 2.68. The smallest absolute Gasteiger partial charge is 0.220 e. The van der Waals surface area contributed by atoms with E-state index < -0.39 is 0 Å². The van der Waals surface area contributed by atoms with Crippen LogP contribution in [0.2, 0.25) is 0 Å². The van der Waals surface area contributed by atoms with Crippen molar-refractivity contribution in [2.45, 2.75) is 32.1 Å². The highest BCUT2D eigenvalue weighted by Gasteiger charge is 2.26. The van der Waals surface area contributed by atoms with Gasteiger partial charge in [-0.3, -0.25) is 9.59 Å². The van der Waals surface area contributed by atoms with Gasteiger partial charge in [0.25, 0.3) is 0 Å². The number of rotatable bonds is 3. The lowest BCUT2D eigenvalue weighted by Gasteiger charge is -2.26. The summed E-state index contributed by atoms with van der Waals surface area (Å²) in [4.78, 5) is 21.5. The minimum atomic E-state index is -0.282. The van der Waals surface area contributed by atoms with Crippen LogP contribution >= 0.6 is 0 Å². The summed E-state index contributed by atoms with van der Waals surface area (Å²) in [6, 6.07) is 0. The summed E-state index contributed by atoms with van der Waals surface area (Å²) in [5.74, 6) is -0.300. The maximum Gasteiger partial charge on any atom is 0.220 e. The van der Waals surface area contributed by atoms with E-state index in [1.165, 1.54) is 0 Å². The summed E-state index contributed by atoms with van der Waals surface area (Å²) in [6.07, 6.45) is 3.96. The van der Waals surface area contributed by atoms with Crippen molar-refractivity contribution in [3.63, 3.8) is 0 Å². The largest absolute Gasteiger partial charge is 0.370 e. The lowest BCUT2D eigenvalue weighted by Crippen LogP contribution is -2.30. The molecular formula is C9H16N2O2. The summed E-state index contributed by atoms with van der Waals surface area (Å²) in [5, 5.41) is 0. The van der Waals surface area contributed by atoms with Gasteiger partial charge < -0.3 is 11.5 Å². The number of amides is 2. The standard InChI is InChI=1S/C9H16N2O2/c10-8(12)5-6-2-1-3-7(4-6)9(11)13/h6-7H,1-5H2,(H2,10,12)(H2,11,13). The molecule has 0 heterocycles. The molecule has 13 heavy (non-hydrogen) atoms. The second-order valence-corrected chi connectivity index (χ2v) is 3.80. The molecule has 0 radical (unpaired) electrons. The van der Waals surface area contributed by atoms with Crippen molar-refractivity contribution in [1.29, 1.82) is 0 Å². The third-order valence-electron chi connectivity index (χ3n) is 2.68. The minimum absolute atomic E-state index is 0.0434. The summed E-state index contributed by atoms with van der Waals surface area (Å²) < 4.78 is 0. The van der Waals surface area contributed by atoms with Gasteiger partial charge >= 0.3 is 0 Å². The molecule has 4 heteroatoms. The van der Waals surface area contributed by atoms with Crippen LogP contribution in [0.25, 0.3) is 0 Å². The van der Waals surface area contributed by atoms with E-state index in [1.54, 1.807) is 0 Å². The summed E-state index contributed by atoms with van der Waals surface area (Å²) in [5.41, 5.74) is 10.3. The number of carbonyl (C=O) groups is 2. The molecule has 74 valence electrons. The van der Waals surface area contributed by atoms with Crippen molar-refractivity contribution in [3.8, 4) is 0 Å². The molecule has 1 saturated carbocycles. The van der Waals surface area contributed by atoms with Crippen LogP contribution in [0.4, 0.5) is 0 Å². The molecule has 2 atom stereocenters. The van der Waals surface area contributed by atoms with Crippen molar-refractivity contribution in [1.82, 2.24) is 0 Å². The maximum atomic E-state index is 10.9. The quantitative estimate of drug-likeness (QED) is 0.654. The molecule has 4 nitrogen and oxygen atoms in total. The molecule has 0 bridgehead atoms. The van der Waals surface area contributed by atoms with Gasteiger partial charge in [0, 0.05) is 12.3 Å². The molecule has 0 aromatic carbocycles. The molecule has 2 unspecified atom stereocenters. The van der Waals surface area contributed by atoms with Crippen LogP contribution in [0, 0.1) is 11.8 Å². The molecule has 1 aliphatic rings. The first-order valence-corrected chi connectivity index (χ1v) is 4.67. The second kappa shape index (κ2) is 4.25. The first-order chi connectivity index (χ1) is 6.09. The summed E-state index contributed by atoms with van der Waals surface area (Å²) in [6.45, 7) is 0. The minimum Gasteiger partial charge on any atom is -0.370 e. The number of nitrogens with two attached hydrogens (primary N) is 2. The Labute approximate surface area is 77.7 Å². The van der Waals surface area contributed by atoms with Crippen molar-refractivity contribution in [2.75, 3.05) is 0 Å². The Morgan fingerprint density at radius 1 is 1.23 bits per heavy atom. The van der Waals surface area contributed by atoms with Gasteiger partial charge in [-0.2, -0.15) is 0 Å². The summed E-state index contributed by atoms with van der Waals surface area (Å²) in [7, 11) is 0. The zero-order chi connectivity index (χ0) is 9.84. The predicted octanol–water partition coefficient (Wildman–Crippen LogP) is 0.153. The van der Waals surface area contributed by atoms with Gasteiger partial charge in [-0.1, -0.05) is 6.42 Å². The van der Waals surface area contributed by atoms with E-state index in [0.29, 0.717) is 6.42 Å². The lowest BCUT2D eigenvalue weighted by molar-refractivity contribution is -0.124. The molecule has 0 aliphatic heterocycles. The highest BCUT2D eigenvalue weighted by molar-refractivity contribution is 5.77. The predicted molar refractivity (Wildman–Crippen MR) is 48.5 cm³/mol. The average Bonchev–Trinajstić information content (AvgIpc) is 2.03. The Bertz CT molecular complexity index is 216. The highest BCUT2D eigenvalue weighted by Crippen LogP contribution is 2.30. The van der Waals surface area contributed by atoms with E-state index in [0.717, 1.165) is 25.7 Å². The Hall–Kier alpha value is -1.06. The van der Waals surface area contributed by atoms with Crippen LogP contribution in [0.3, 0.4) is 0 Å². The molecule has 1 rings (SSSR count). The second-order valence-electron chi connectivity index (χ2n) is 3.80. The van der Waals surface area contributed by atoms with Crippen LogP contribution in [0.15, 0.2) is 0 Å². The van der Waals surface area contributed by atoms with Gasteiger partial charge in [0.05, 0.1) is 0 Å². The normalized spacial score (nSPS) is 28.3. The Balaban J connectivity index is 2.41. The fourth-order valence-electron chi connectivity index (χ4n) is 2.02. The van der Waals surface area contributed by atoms with E-state index in [2.05, 4.69) is 0 Å². The average molecular weight is 184 g/mol. The lowest BCUT2D eigenvalue weighted by atomic mass is 9.79.